The van der Waals surface area contributed by atoms with Gasteiger partial charge in [-0.2, -0.15) is 0 Å². The number of pyridine rings is 1. The van der Waals surface area contributed by atoms with E-state index in [-0.39, 0.29) is 24.3 Å². The number of likely N-dealkylation sites (tertiary alicyclic amines) is 1. The van der Waals surface area contributed by atoms with Crippen LogP contribution in [-0.4, -0.2) is 32.9 Å². The van der Waals surface area contributed by atoms with Crippen molar-refractivity contribution in [2.45, 2.75) is 31.3 Å². The molecule has 2 heterocycles. The highest BCUT2D eigenvalue weighted by molar-refractivity contribution is 5.82. The van der Waals surface area contributed by atoms with Crippen molar-refractivity contribution in [3.8, 4) is 0 Å². The van der Waals surface area contributed by atoms with Gasteiger partial charge in [0.05, 0.1) is 18.7 Å². The molecule has 1 saturated heterocycles. The normalized spacial score (nSPS) is 20.7. The van der Waals surface area contributed by atoms with Crippen molar-refractivity contribution in [3.05, 3.63) is 66.0 Å². The van der Waals surface area contributed by atoms with Crippen molar-refractivity contribution in [1.82, 2.24) is 9.88 Å². The molecule has 0 radical (unpaired) electrons. The van der Waals surface area contributed by atoms with Crippen LogP contribution >= 0.6 is 0 Å². The fourth-order valence-corrected chi connectivity index (χ4v) is 3.19. The van der Waals surface area contributed by atoms with E-state index in [9.17, 15) is 14.7 Å². The Morgan fingerprint density at radius 1 is 1.17 bits per heavy atom. The average molecular weight is 310 g/mol. The summed E-state index contributed by atoms with van der Waals surface area (Å²) in [6.45, 7) is 0.348. The van der Waals surface area contributed by atoms with Crippen molar-refractivity contribution in [1.29, 1.82) is 0 Å². The second kappa shape index (κ2) is 6.60. The van der Waals surface area contributed by atoms with Gasteiger partial charge in [0, 0.05) is 24.6 Å². The van der Waals surface area contributed by atoms with Crippen LogP contribution in [0.25, 0.3) is 0 Å². The number of nitrogens with zero attached hydrogens (tertiary/aromatic N) is 2. The molecule has 2 aromatic rings. The van der Waals surface area contributed by atoms with Crippen LogP contribution in [0.1, 0.15) is 30.0 Å². The van der Waals surface area contributed by atoms with Gasteiger partial charge in [-0.25, -0.2) is 0 Å². The number of carboxylic acids is 1. The first-order chi connectivity index (χ1) is 11.1. The van der Waals surface area contributed by atoms with E-state index < -0.39 is 5.97 Å². The van der Waals surface area contributed by atoms with E-state index in [4.69, 9.17) is 0 Å². The van der Waals surface area contributed by atoms with E-state index in [2.05, 4.69) is 4.98 Å². The molecule has 2 unspecified atom stereocenters. The highest BCUT2D eigenvalue weighted by Gasteiger charge is 2.41. The second-order valence-electron chi connectivity index (χ2n) is 5.73. The molecule has 1 aliphatic rings. The predicted molar refractivity (Wildman–Crippen MR) is 84.6 cm³/mol. The Balaban J connectivity index is 1.88. The van der Waals surface area contributed by atoms with Crippen LogP contribution in [0.2, 0.25) is 0 Å². The Morgan fingerprint density at radius 2 is 1.91 bits per heavy atom. The molecule has 1 amide bonds. The quantitative estimate of drug-likeness (QED) is 0.921. The average Bonchev–Trinajstić information content (AvgIpc) is 2.85. The molecule has 5 nitrogen and oxygen atoms in total. The number of benzene rings is 1. The maximum absolute atomic E-state index is 12.5. The number of carbonyl (C=O) groups excluding carboxylic acids is 1. The van der Waals surface area contributed by atoms with Crippen molar-refractivity contribution < 1.29 is 14.7 Å². The standard InChI is InChI=1S/C18H18N2O3/c21-17-10-15(13-6-2-1-3-7-13)16(11-18(22)23)20(17)12-14-8-4-5-9-19-14/h1-9,15-16H,10-12H2,(H,22,23). The molecule has 5 heteroatoms. The summed E-state index contributed by atoms with van der Waals surface area (Å²) < 4.78 is 0. The zero-order valence-electron chi connectivity index (χ0n) is 12.6. The zero-order valence-corrected chi connectivity index (χ0v) is 12.6. The Labute approximate surface area is 134 Å². The third-order valence-electron chi connectivity index (χ3n) is 4.25. The smallest absolute Gasteiger partial charge is 0.305 e. The lowest BCUT2D eigenvalue weighted by atomic mass is 9.90. The summed E-state index contributed by atoms with van der Waals surface area (Å²) in [6, 6.07) is 14.8. The van der Waals surface area contributed by atoms with Gasteiger partial charge in [0.25, 0.3) is 0 Å². The zero-order chi connectivity index (χ0) is 16.2. The maximum atomic E-state index is 12.5. The molecule has 1 aliphatic heterocycles. The minimum absolute atomic E-state index is 0.0178. The van der Waals surface area contributed by atoms with E-state index in [1.54, 1.807) is 11.1 Å². The summed E-state index contributed by atoms with van der Waals surface area (Å²) in [6.07, 6.45) is 1.96. The highest BCUT2D eigenvalue weighted by atomic mass is 16.4. The van der Waals surface area contributed by atoms with Gasteiger partial charge in [-0.1, -0.05) is 36.4 Å². The minimum Gasteiger partial charge on any atom is -0.481 e. The van der Waals surface area contributed by atoms with Crippen LogP contribution < -0.4 is 0 Å². The van der Waals surface area contributed by atoms with E-state index in [1.165, 1.54) is 0 Å². The van der Waals surface area contributed by atoms with Gasteiger partial charge in [0.1, 0.15) is 0 Å². The first kappa shape index (κ1) is 15.2. The Bertz CT molecular complexity index is 688. The summed E-state index contributed by atoms with van der Waals surface area (Å²) in [7, 11) is 0. The van der Waals surface area contributed by atoms with Gasteiger partial charge >= 0.3 is 5.97 Å². The lowest BCUT2D eigenvalue weighted by molar-refractivity contribution is -0.139. The molecule has 2 atom stereocenters. The summed E-state index contributed by atoms with van der Waals surface area (Å²) in [4.78, 5) is 29.7. The summed E-state index contributed by atoms with van der Waals surface area (Å²) in [5, 5.41) is 9.26. The van der Waals surface area contributed by atoms with Crippen LogP contribution in [-0.2, 0) is 16.1 Å². The van der Waals surface area contributed by atoms with Crippen molar-refractivity contribution in [2.75, 3.05) is 0 Å². The van der Waals surface area contributed by atoms with Gasteiger partial charge in [-0.05, 0) is 17.7 Å². The molecule has 1 aromatic carbocycles. The van der Waals surface area contributed by atoms with E-state index in [0.717, 1.165) is 11.3 Å². The molecular weight excluding hydrogens is 292 g/mol. The fourth-order valence-electron chi connectivity index (χ4n) is 3.19. The number of hydrogen-bond acceptors (Lipinski definition) is 3. The Hall–Kier alpha value is -2.69. The lowest BCUT2D eigenvalue weighted by Crippen LogP contribution is -2.36. The number of amides is 1. The molecular formula is C18H18N2O3. The number of rotatable bonds is 5. The van der Waals surface area contributed by atoms with Crippen LogP contribution in [0.15, 0.2) is 54.7 Å². The first-order valence-electron chi connectivity index (χ1n) is 7.61. The van der Waals surface area contributed by atoms with Gasteiger partial charge in [-0.15, -0.1) is 0 Å². The Morgan fingerprint density at radius 3 is 2.57 bits per heavy atom. The maximum Gasteiger partial charge on any atom is 0.305 e. The molecule has 0 bridgehead atoms. The van der Waals surface area contributed by atoms with Crippen LogP contribution in [0.5, 0.6) is 0 Å². The monoisotopic (exact) mass is 310 g/mol. The summed E-state index contributed by atoms with van der Waals surface area (Å²) in [5.41, 5.74) is 1.78. The minimum atomic E-state index is -0.892. The third-order valence-corrected chi connectivity index (χ3v) is 4.25. The predicted octanol–water partition coefficient (Wildman–Crippen LogP) is 2.44. The van der Waals surface area contributed by atoms with Gasteiger partial charge in [0.15, 0.2) is 0 Å². The van der Waals surface area contributed by atoms with Gasteiger partial charge in [-0.3, -0.25) is 14.6 Å². The van der Waals surface area contributed by atoms with Crippen LogP contribution in [0.3, 0.4) is 0 Å². The molecule has 0 spiro atoms. The Kier molecular flexibility index (Phi) is 4.37. The summed E-state index contributed by atoms with van der Waals surface area (Å²) in [5.74, 6) is -1.00. The molecule has 1 fully saturated rings. The lowest BCUT2D eigenvalue weighted by Gasteiger charge is -2.27. The number of aliphatic carboxylic acids is 1. The highest BCUT2D eigenvalue weighted by Crippen LogP contribution is 2.36. The van der Waals surface area contributed by atoms with Crippen LogP contribution in [0, 0.1) is 0 Å². The molecule has 0 aliphatic carbocycles. The largest absolute Gasteiger partial charge is 0.481 e. The number of aromatic nitrogens is 1. The SMILES string of the molecule is O=C(O)CC1C(c2ccccc2)CC(=O)N1Cc1ccccn1. The van der Waals surface area contributed by atoms with Crippen LogP contribution in [0.4, 0.5) is 0 Å². The van der Waals surface area contributed by atoms with E-state index in [1.807, 2.05) is 48.5 Å². The third kappa shape index (κ3) is 3.39. The van der Waals surface area contributed by atoms with E-state index >= 15 is 0 Å². The number of carbonyl (C=O) groups is 2. The molecule has 118 valence electrons. The number of carboxylic acid groups (broad SMARTS) is 1. The topological polar surface area (TPSA) is 70.5 Å². The molecule has 1 N–H and O–H groups in total. The first-order valence-corrected chi connectivity index (χ1v) is 7.61. The molecule has 3 rings (SSSR count). The molecule has 0 saturated carbocycles. The van der Waals surface area contributed by atoms with Crippen molar-refractivity contribution in [3.63, 3.8) is 0 Å². The van der Waals surface area contributed by atoms with Crippen molar-refractivity contribution in [2.24, 2.45) is 0 Å². The fraction of sp³-hybridized carbons (Fsp3) is 0.278. The van der Waals surface area contributed by atoms with Gasteiger partial charge in [0.2, 0.25) is 5.91 Å². The molecule has 1 aromatic heterocycles. The molecule has 23 heavy (non-hydrogen) atoms. The second-order valence-corrected chi connectivity index (χ2v) is 5.73. The number of hydrogen-bond donors (Lipinski definition) is 1. The van der Waals surface area contributed by atoms with E-state index in [0.29, 0.717) is 13.0 Å². The summed E-state index contributed by atoms with van der Waals surface area (Å²) >= 11 is 0. The van der Waals surface area contributed by atoms with Gasteiger partial charge < -0.3 is 10.0 Å². The van der Waals surface area contributed by atoms with Crippen molar-refractivity contribution >= 4 is 11.9 Å².